The third-order valence-electron chi connectivity index (χ3n) is 6.22. The van der Waals surface area contributed by atoms with Crippen molar-refractivity contribution in [3.05, 3.63) is 71.0 Å². The summed E-state index contributed by atoms with van der Waals surface area (Å²) in [6.45, 7) is 18.3. The maximum Gasteiger partial charge on any atom is 0.144 e. The van der Waals surface area contributed by atoms with Gasteiger partial charge in [0.25, 0.3) is 0 Å². The van der Waals surface area contributed by atoms with Crippen molar-refractivity contribution in [3.63, 3.8) is 0 Å². The van der Waals surface area contributed by atoms with Crippen LogP contribution in [0.2, 0.25) is 0 Å². The van der Waals surface area contributed by atoms with Crippen molar-refractivity contribution in [2.45, 2.75) is 79.1 Å². The highest BCUT2D eigenvalue weighted by Crippen LogP contribution is 2.38. The van der Waals surface area contributed by atoms with Crippen LogP contribution in [0.15, 0.2) is 48.8 Å². The number of imidazole rings is 1. The third-order valence-corrected chi connectivity index (χ3v) is 6.22. The summed E-state index contributed by atoms with van der Waals surface area (Å²) in [6, 6.07) is 13.5. The Morgan fingerprint density at radius 3 is 2.10 bits per heavy atom. The van der Waals surface area contributed by atoms with Crippen LogP contribution < -0.4 is 0 Å². The lowest BCUT2D eigenvalue weighted by molar-refractivity contribution is 0.507. The molecule has 2 heteroatoms. The van der Waals surface area contributed by atoms with Crippen molar-refractivity contribution in [1.82, 2.24) is 9.55 Å². The predicted molar refractivity (Wildman–Crippen MR) is 125 cm³/mol. The third kappa shape index (κ3) is 4.03. The van der Waals surface area contributed by atoms with Gasteiger partial charge in [0.05, 0.1) is 5.69 Å². The number of benzene rings is 2. The topological polar surface area (TPSA) is 17.8 Å². The fraction of sp³-hybridized carbons (Fsp3) is 0.444. The zero-order valence-electron chi connectivity index (χ0n) is 19.4. The largest absolute Gasteiger partial charge is 0.299 e. The number of aryl methyl sites for hydroxylation is 1. The van der Waals surface area contributed by atoms with Gasteiger partial charge in [-0.15, -0.1) is 0 Å². The van der Waals surface area contributed by atoms with Crippen molar-refractivity contribution >= 4 is 0 Å². The van der Waals surface area contributed by atoms with Crippen LogP contribution in [0.4, 0.5) is 0 Å². The lowest BCUT2D eigenvalue weighted by atomic mass is 9.79. The minimum atomic E-state index is 0.0996. The van der Waals surface area contributed by atoms with Crippen LogP contribution in [-0.2, 0) is 5.41 Å². The highest BCUT2D eigenvalue weighted by atomic mass is 15.1. The van der Waals surface area contributed by atoms with Gasteiger partial charge in [0.15, 0.2) is 0 Å². The first-order valence-corrected chi connectivity index (χ1v) is 11.0. The molecule has 3 aromatic rings. The summed E-state index contributed by atoms with van der Waals surface area (Å²) < 4.78 is 2.33. The molecule has 0 aliphatic heterocycles. The molecule has 0 saturated carbocycles. The first kappa shape index (κ1) is 21.4. The molecule has 1 heterocycles. The van der Waals surface area contributed by atoms with Crippen LogP contribution in [0.5, 0.6) is 0 Å². The van der Waals surface area contributed by atoms with E-state index >= 15 is 0 Å². The van der Waals surface area contributed by atoms with E-state index in [9.17, 15) is 0 Å². The normalized spacial score (nSPS) is 12.2. The molecule has 0 unspecified atom stereocenters. The molecule has 0 N–H and O–H groups in total. The lowest BCUT2D eigenvalue weighted by Crippen LogP contribution is -2.17. The van der Waals surface area contributed by atoms with Gasteiger partial charge in [0.2, 0.25) is 0 Å². The molecule has 0 spiro atoms. The van der Waals surface area contributed by atoms with Crippen LogP contribution in [-0.4, -0.2) is 9.55 Å². The van der Waals surface area contributed by atoms with Crippen molar-refractivity contribution < 1.29 is 0 Å². The van der Waals surface area contributed by atoms with E-state index in [0.717, 1.165) is 12.2 Å². The fourth-order valence-electron chi connectivity index (χ4n) is 4.14. The average Bonchev–Trinajstić information content (AvgIpc) is 3.16. The molecule has 0 aliphatic rings. The number of hydrogen-bond acceptors (Lipinski definition) is 1. The molecule has 3 rings (SSSR count). The van der Waals surface area contributed by atoms with Gasteiger partial charge in [-0.2, -0.15) is 0 Å². The summed E-state index contributed by atoms with van der Waals surface area (Å²) in [6.07, 6.45) is 5.16. The second-order valence-corrected chi connectivity index (χ2v) is 9.51. The summed E-state index contributed by atoms with van der Waals surface area (Å²) >= 11 is 0. The van der Waals surface area contributed by atoms with Gasteiger partial charge in [-0.3, -0.25) is 4.57 Å². The predicted octanol–water partition coefficient (Wildman–Crippen LogP) is 7.78. The summed E-state index contributed by atoms with van der Waals surface area (Å²) in [5.74, 6) is 1.93. The van der Waals surface area contributed by atoms with Crippen LogP contribution in [0, 0.1) is 6.92 Å². The van der Waals surface area contributed by atoms with E-state index in [4.69, 9.17) is 4.98 Å². The van der Waals surface area contributed by atoms with Crippen molar-refractivity contribution in [1.29, 1.82) is 0 Å². The minimum absolute atomic E-state index is 0.0996. The molecule has 2 aromatic carbocycles. The molecule has 0 atom stereocenters. The molecule has 2 nitrogen and oxygen atoms in total. The van der Waals surface area contributed by atoms with Gasteiger partial charge in [0, 0.05) is 18.0 Å². The van der Waals surface area contributed by atoms with Gasteiger partial charge in [-0.1, -0.05) is 90.4 Å². The van der Waals surface area contributed by atoms with Crippen LogP contribution in [0.3, 0.4) is 0 Å². The zero-order valence-corrected chi connectivity index (χ0v) is 19.4. The second kappa shape index (κ2) is 8.18. The molecular weight excluding hydrogens is 352 g/mol. The SMILES string of the molecule is CCC(C)(C)c1ccccc1-c1nccn1-c1c(C(C)C)cc(C)cc1C(C)C. The van der Waals surface area contributed by atoms with Gasteiger partial charge in [-0.05, 0) is 47.3 Å². The van der Waals surface area contributed by atoms with E-state index in [1.807, 2.05) is 6.20 Å². The summed E-state index contributed by atoms with van der Waals surface area (Å²) in [5, 5.41) is 0. The van der Waals surface area contributed by atoms with Crippen molar-refractivity contribution in [3.8, 4) is 17.1 Å². The Balaban J connectivity index is 2.33. The smallest absolute Gasteiger partial charge is 0.144 e. The highest BCUT2D eigenvalue weighted by Gasteiger charge is 2.25. The number of hydrogen-bond donors (Lipinski definition) is 0. The molecule has 0 radical (unpaired) electrons. The molecule has 1 aromatic heterocycles. The Bertz CT molecular complexity index is 960. The highest BCUT2D eigenvalue weighted by molar-refractivity contribution is 5.67. The number of aromatic nitrogens is 2. The van der Waals surface area contributed by atoms with Crippen molar-refractivity contribution in [2.75, 3.05) is 0 Å². The zero-order chi connectivity index (χ0) is 21.3. The summed E-state index contributed by atoms with van der Waals surface area (Å²) in [7, 11) is 0. The monoisotopic (exact) mass is 388 g/mol. The van der Waals surface area contributed by atoms with Crippen LogP contribution in [0.1, 0.15) is 89.0 Å². The molecule has 154 valence electrons. The van der Waals surface area contributed by atoms with E-state index in [-0.39, 0.29) is 5.41 Å². The van der Waals surface area contributed by atoms with E-state index < -0.39 is 0 Å². The summed E-state index contributed by atoms with van der Waals surface area (Å²) in [5.41, 5.74) is 8.10. The summed E-state index contributed by atoms with van der Waals surface area (Å²) in [4.78, 5) is 4.86. The number of nitrogens with zero attached hydrogens (tertiary/aromatic N) is 2. The standard InChI is InChI=1S/C27H36N2/c1-9-27(7,8)24-13-11-10-12-21(24)26-28-14-15-29(26)25-22(18(2)3)16-20(6)17-23(25)19(4)5/h10-19H,9H2,1-8H3. The molecule has 0 amide bonds. The van der Waals surface area contributed by atoms with E-state index in [1.165, 1.54) is 33.5 Å². The minimum Gasteiger partial charge on any atom is -0.299 e. The Morgan fingerprint density at radius 2 is 1.55 bits per heavy atom. The molecule has 29 heavy (non-hydrogen) atoms. The van der Waals surface area contributed by atoms with Gasteiger partial charge in [0.1, 0.15) is 5.82 Å². The first-order chi connectivity index (χ1) is 13.7. The van der Waals surface area contributed by atoms with E-state index in [1.54, 1.807) is 0 Å². The van der Waals surface area contributed by atoms with Gasteiger partial charge in [-0.25, -0.2) is 4.98 Å². The Kier molecular flexibility index (Phi) is 6.03. The molecular formula is C27H36N2. The van der Waals surface area contributed by atoms with E-state index in [0.29, 0.717) is 11.8 Å². The molecule has 0 aliphatic carbocycles. The van der Waals surface area contributed by atoms with Crippen LogP contribution in [0.25, 0.3) is 17.1 Å². The fourth-order valence-corrected chi connectivity index (χ4v) is 4.14. The average molecular weight is 389 g/mol. The van der Waals surface area contributed by atoms with Gasteiger partial charge < -0.3 is 0 Å². The van der Waals surface area contributed by atoms with E-state index in [2.05, 4.69) is 103 Å². The van der Waals surface area contributed by atoms with Crippen molar-refractivity contribution in [2.24, 2.45) is 0 Å². The Labute approximate surface area is 177 Å². The Morgan fingerprint density at radius 1 is 0.966 bits per heavy atom. The molecule has 0 saturated heterocycles. The number of rotatable bonds is 6. The Hall–Kier alpha value is -2.35. The van der Waals surface area contributed by atoms with Crippen LogP contribution >= 0.6 is 0 Å². The molecule has 0 fully saturated rings. The quantitative estimate of drug-likeness (QED) is 0.421. The maximum atomic E-state index is 4.86. The second-order valence-electron chi connectivity index (χ2n) is 9.51. The first-order valence-electron chi connectivity index (χ1n) is 11.0. The maximum absolute atomic E-state index is 4.86. The van der Waals surface area contributed by atoms with Gasteiger partial charge >= 0.3 is 0 Å². The lowest BCUT2D eigenvalue weighted by Gasteiger charge is -2.27. The molecule has 0 bridgehead atoms.